The molecule has 9 heteroatoms. The van der Waals surface area contributed by atoms with Crippen molar-refractivity contribution in [3.63, 3.8) is 0 Å². The highest BCUT2D eigenvalue weighted by molar-refractivity contribution is 5.48. The molecule has 0 unspecified atom stereocenters. The lowest BCUT2D eigenvalue weighted by atomic mass is 10.2. The predicted octanol–water partition coefficient (Wildman–Crippen LogP) is 0.800. The average molecular weight is 346 g/mol. The molecule has 140 valence electrons. The second-order valence-electron chi connectivity index (χ2n) is 4.69. The van der Waals surface area contributed by atoms with E-state index in [9.17, 15) is 4.79 Å². The van der Waals surface area contributed by atoms with Crippen molar-refractivity contribution in [3.8, 4) is 0 Å². The summed E-state index contributed by atoms with van der Waals surface area (Å²) in [7, 11) is 0. The molecule has 0 atom stereocenters. The molecular weight excluding hydrogens is 316 g/mol. The Labute approximate surface area is 143 Å². The maximum Gasteiger partial charge on any atom is 0.248 e. The van der Waals surface area contributed by atoms with Crippen molar-refractivity contribution in [2.24, 2.45) is 10.8 Å². The average Bonchev–Trinajstić information content (AvgIpc) is 2.60. The number of rotatable bonds is 19. The van der Waals surface area contributed by atoms with Crippen LogP contribution in [0.15, 0.2) is 17.2 Å². The number of carbonyl (C=O) groups excluding carboxylic acids is 1. The van der Waals surface area contributed by atoms with E-state index in [4.69, 9.17) is 30.2 Å². The van der Waals surface area contributed by atoms with Gasteiger partial charge in [-0.1, -0.05) is 0 Å². The van der Waals surface area contributed by atoms with Crippen molar-refractivity contribution >= 4 is 6.29 Å². The molecule has 4 N–H and O–H groups in total. The summed E-state index contributed by atoms with van der Waals surface area (Å²) in [5.41, 5.74) is 12.3. The first-order valence-electron chi connectivity index (χ1n) is 8.16. The van der Waals surface area contributed by atoms with Gasteiger partial charge in [0.1, 0.15) is 12.9 Å². The third-order valence-corrected chi connectivity index (χ3v) is 2.71. The van der Waals surface area contributed by atoms with Gasteiger partial charge in [-0.3, -0.25) is 0 Å². The monoisotopic (exact) mass is 346 g/mol. The molecule has 9 nitrogen and oxygen atoms in total. The van der Waals surface area contributed by atoms with Crippen LogP contribution in [0, 0.1) is 5.53 Å². The molecule has 0 heterocycles. The highest BCUT2D eigenvalue weighted by Crippen LogP contribution is 1.97. The molecule has 0 amide bonds. The number of unbranched alkanes of at least 4 members (excludes halogenated alkanes) is 2. The Balaban J connectivity index is 3.39. The highest BCUT2D eigenvalue weighted by Gasteiger charge is 1.96. The van der Waals surface area contributed by atoms with Gasteiger partial charge in [-0.25, -0.2) is 5.53 Å². The SMILES string of the molecule is N=N/C(=C\NCCCCC=O)OCCOCCOCCOCCN. The molecule has 0 aliphatic heterocycles. The van der Waals surface area contributed by atoms with Gasteiger partial charge in [0.15, 0.2) is 0 Å². The summed E-state index contributed by atoms with van der Waals surface area (Å²) in [6.07, 6.45) is 4.73. The van der Waals surface area contributed by atoms with Crippen LogP contribution < -0.4 is 11.1 Å². The number of ether oxygens (including phenoxy) is 4. The first-order valence-corrected chi connectivity index (χ1v) is 8.16. The summed E-state index contributed by atoms with van der Waals surface area (Å²) in [5.74, 6) is 0.197. The number of nitrogens with zero attached hydrogens (tertiary/aromatic N) is 1. The van der Waals surface area contributed by atoms with E-state index in [1.807, 2.05) is 0 Å². The van der Waals surface area contributed by atoms with Crippen molar-refractivity contribution < 1.29 is 23.7 Å². The largest absolute Gasteiger partial charge is 0.473 e. The van der Waals surface area contributed by atoms with E-state index in [2.05, 4.69) is 10.4 Å². The molecule has 0 aromatic rings. The molecule has 0 aliphatic rings. The van der Waals surface area contributed by atoms with Crippen LogP contribution >= 0.6 is 0 Å². The molecule has 0 fully saturated rings. The minimum atomic E-state index is 0.197. The van der Waals surface area contributed by atoms with Crippen molar-refractivity contribution in [2.45, 2.75) is 19.3 Å². The summed E-state index contributed by atoms with van der Waals surface area (Å²) in [4.78, 5) is 10.2. The van der Waals surface area contributed by atoms with Gasteiger partial charge in [-0.05, 0) is 12.8 Å². The maximum absolute atomic E-state index is 10.2. The molecule has 0 saturated heterocycles. The van der Waals surface area contributed by atoms with Crippen LogP contribution in [-0.4, -0.2) is 65.6 Å². The fourth-order valence-electron chi connectivity index (χ4n) is 1.55. The Morgan fingerprint density at radius 2 is 1.62 bits per heavy atom. The second kappa shape index (κ2) is 19.5. The number of carbonyl (C=O) groups is 1. The summed E-state index contributed by atoms with van der Waals surface area (Å²) in [6, 6.07) is 0. The fourth-order valence-corrected chi connectivity index (χ4v) is 1.55. The van der Waals surface area contributed by atoms with Gasteiger partial charge in [-0.2, -0.15) is 0 Å². The lowest BCUT2D eigenvalue weighted by Crippen LogP contribution is -2.14. The minimum Gasteiger partial charge on any atom is -0.473 e. The smallest absolute Gasteiger partial charge is 0.248 e. The Hall–Kier alpha value is -1.55. The Morgan fingerprint density at radius 1 is 1.00 bits per heavy atom. The van der Waals surface area contributed by atoms with Crippen LogP contribution in [0.5, 0.6) is 0 Å². The molecule has 0 aromatic carbocycles. The van der Waals surface area contributed by atoms with E-state index < -0.39 is 0 Å². The van der Waals surface area contributed by atoms with Crippen LogP contribution in [-0.2, 0) is 23.7 Å². The standard InChI is InChI=1S/C15H30N4O5/c16-4-7-21-8-9-22-10-11-23-12-13-24-15(19-17)14-18-5-2-1-3-6-20/h6,14,17-18H,1-5,7-13,16H2/b15-14+,19-17?. The fraction of sp³-hybridized carbons (Fsp3) is 0.800. The maximum atomic E-state index is 10.2. The molecule has 0 saturated carbocycles. The number of nitrogens with one attached hydrogen (secondary N) is 2. The van der Waals surface area contributed by atoms with E-state index in [0.717, 1.165) is 19.1 Å². The zero-order chi connectivity index (χ0) is 17.7. The van der Waals surface area contributed by atoms with Gasteiger partial charge in [-0.15, -0.1) is 5.11 Å². The van der Waals surface area contributed by atoms with Crippen LogP contribution in [0.4, 0.5) is 0 Å². The van der Waals surface area contributed by atoms with E-state index >= 15 is 0 Å². The van der Waals surface area contributed by atoms with E-state index in [1.165, 1.54) is 0 Å². The number of hydrogen-bond acceptors (Lipinski definition) is 9. The van der Waals surface area contributed by atoms with Crippen LogP contribution in [0.3, 0.4) is 0 Å². The zero-order valence-electron chi connectivity index (χ0n) is 14.2. The second-order valence-corrected chi connectivity index (χ2v) is 4.69. The third kappa shape index (κ3) is 16.8. The zero-order valence-corrected chi connectivity index (χ0v) is 14.2. The van der Waals surface area contributed by atoms with Gasteiger partial charge in [0.05, 0.1) is 45.8 Å². The van der Waals surface area contributed by atoms with Gasteiger partial charge in [0, 0.05) is 19.5 Å². The molecule has 0 aromatic heterocycles. The Bertz CT molecular complexity index is 329. The predicted molar refractivity (Wildman–Crippen MR) is 88.6 cm³/mol. The summed E-state index contributed by atoms with van der Waals surface area (Å²) >= 11 is 0. The number of nitrogens with two attached hydrogens (primary N) is 1. The Kier molecular flexibility index (Phi) is 18.2. The van der Waals surface area contributed by atoms with Crippen molar-refractivity contribution in [1.82, 2.24) is 5.32 Å². The van der Waals surface area contributed by atoms with Crippen LogP contribution in [0.25, 0.3) is 0 Å². The first-order chi connectivity index (χ1) is 11.8. The number of aldehydes is 1. The van der Waals surface area contributed by atoms with Crippen LogP contribution in [0.2, 0.25) is 0 Å². The van der Waals surface area contributed by atoms with E-state index in [1.54, 1.807) is 6.20 Å². The van der Waals surface area contributed by atoms with Gasteiger partial charge >= 0.3 is 0 Å². The van der Waals surface area contributed by atoms with Crippen LogP contribution in [0.1, 0.15) is 19.3 Å². The molecule has 0 spiro atoms. The van der Waals surface area contributed by atoms with Gasteiger partial charge in [0.25, 0.3) is 0 Å². The lowest BCUT2D eigenvalue weighted by Gasteiger charge is -2.08. The van der Waals surface area contributed by atoms with E-state index in [0.29, 0.717) is 65.8 Å². The summed E-state index contributed by atoms with van der Waals surface area (Å²) < 4.78 is 21.1. The molecule has 0 radical (unpaired) electrons. The molecule has 0 aliphatic carbocycles. The topological polar surface area (TPSA) is 128 Å². The van der Waals surface area contributed by atoms with Gasteiger partial charge in [0.2, 0.25) is 5.88 Å². The quantitative estimate of drug-likeness (QED) is 0.137. The number of hydrogen-bond donors (Lipinski definition) is 3. The highest BCUT2D eigenvalue weighted by atomic mass is 16.6. The van der Waals surface area contributed by atoms with E-state index in [-0.39, 0.29) is 5.88 Å². The molecule has 0 rings (SSSR count). The normalized spacial score (nSPS) is 11.3. The summed E-state index contributed by atoms with van der Waals surface area (Å²) in [5, 5.41) is 6.26. The third-order valence-electron chi connectivity index (χ3n) is 2.71. The minimum absolute atomic E-state index is 0.197. The molecular formula is C15H30N4O5. The lowest BCUT2D eigenvalue weighted by molar-refractivity contribution is -0.107. The van der Waals surface area contributed by atoms with Crippen molar-refractivity contribution in [2.75, 3.05) is 59.3 Å². The Morgan fingerprint density at radius 3 is 2.21 bits per heavy atom. The molecule has 0 bridgehead atoms. The van der Waals surface area contributed by atoms with Gasteiger partial charge < -0.3 is 34.8 Å². The first kappa shape index (κ1) is 22.4. The van der Waals surface area contributed by atoms with Crippen molar-refractivity contribution in [3.05, 3.63) is 12.1 Å². The summed E-state index contributed by atoms with van der Waals surface area (Å²) in [6.45, 7) is 4.46. The van der Waals surface area contributed by atoms with Crippen molar-refractivity contribution in [1.29, 1.82) is 5.53 Å². The molecule has 24 heavy (non-hydrogen) atoms.